The largest absolute Gasteiger partial charge is 0.478 e. The Morgan fingerprint density at radius 3 is 2.69 bits per heavy atom. The number of carboxylic acid groups (broad SMARTS) is 1. The van der Waals surface area contributed by atoms with E-state index in [1.54, 1.807) is 0 Å². The van der Waals surface area contributed by atoms with Crippen molar-refractivity contribution in [2.45, 2.75) is 37.8 Å². The third-order valence-corrected chi connectivity index (χ3v) is 6.44. The minimum atomic E-state index is -3.91. The lowest BCUT2D eigenvalue weighted by atomic mass is 10.0. The fourth-order valence-corrected chi connectivity index (χ4v) is 4.92. The standard InChI is InChI=1S/C18H23N3O4S/c1-14-6-5-10-21(12-14)26(24,25)17-16(18(22)23)13-20(19-17)11-9-15-7-3-2-4-8-15/h2-4,7-8,13-14H,5-6,9-12H2,1H3,(H,22,23). The van der Waals surface area contributed by atoms with Gasteiger partial charge in [-0.05, 0) is 30.7 Å². The van der Waals surface area contributed by atoms with Gasteiger partial charge in [0.1, 0.15) is 5.56 Å². The van der Waals surface area contributed by atoms with Crippen molar-refractivity contribution in [3.05, 3.63) is 47.7 Å². The summed E-state index contributed by atoms with van der Waals surface area (Å²) in [5.74, 6) is -1.02. The average molecular weight is 377 g/mol. The molecule has 140 valence electrons. The third-order valence-electron chi connectivity index (χ3n) is 4.63. The van der Waals surface area contributed by atoms with Gasteiger partial charge in [0.15, 0.2) is 0 Å². The van der Waals surface area contributed by atoms with Gasteiger partial charge in [-0.15, -0.1) is 0 Å². The van der Waals surface area contributed by atoms with Crippen LogP contribution in [0, 0.1) is 5.92 Å². The Hall–Kier alpha value is -2.19. The normalized spacial score (nSPS) is 18.7. The summed E-state index contributed by atoms with van der Waals surface area (Å²) in [4.78, 5) is 11.6. The van der Waals surface area contributed by atoms with Crippen LogP contribution in [0.5, 0.6) is 0 Å². The number of carboxylic acids is 1. The Bertz CT molecular complexity index is 877. The quantitative estimate of drug-likeness (QED) is 0.833. The molecule has 26 heavy (non-hydrogen) atoms. The summed E-state index contributed by atoms with van der Waals surface area (Å²) in [6, 6.07) is 9.70. The van der Waals surface area contributed by atoms with Gasteiger partial charge in [-0.25, -0.2) is 13.2 Å². The van der Waals surface area contributed by atoms with E-state index in [1.807, 2.05) is 37.3 Å². The van der Waals surface area contributed by atoms with E-state index in [9.17, 15) is 18.3 Å². The zero-order chi connectivity index (χ0) is 18.7. The number of hydrogen-bond donors (Lipinski definition) is 1. The second kappa shape index (κ2) is 7.59. The van der Waals surface area contributed by atoms with E-state index in [0.717, 1.165) is 18.4 Å². The van der Waals surface area contributed by atoms with Crippen LogP contribution in [-0.2, 0) is 23.0 Å². The maximum absolute atomic E-state index is 12.9. The Kier molecular flexibility index (Phi) is 5.43. The molecule has 8 heteroatoms. The lowest BCUT2D eigenvalue weighted by molar-refractivity contribution is 0.0692. The predicted octanol–water partition coefficient (Wildman–Crippen LogP) is 2.24. The van der Waals surface area contributed by atoms with Crippen LogP contribution in [0.2, 0.25) is 0 Å². The first-order valence-corrected chi connectivity index (χ1v) is 10.2. The minimum Gasteiger partial charge on any atom is -0.478 e. The van der Waals surface area contributed by atoms with Gasteiger partial charge >= 0.3 is 5.97 Å². The van der Waals surface area contributed by atoms with Crippen molar-refractivity contribution in [2.24, 2.45) is 5.92 Å². The van der Waals surface area contributed by atoms with E-state index >= 15 is 0 Å². The number of piperidine rings is 1. The third kappa shape index (κ3) is 3.96. The molecular weight excluding hydrogens is 354 g/mol. The highest BCUT2D eigenvalue weighted by atomic mass is 32.2. The van der Waals surface area contributed by atoms with Crippen LogP contribution in [0.15, 0.2) is 41.6 Å². The molecule has 1 unspecified atom stereocenters. The summed E-state index contributed by atoms with van der Waals surface area (Å²) in [6.45, 7) is 3.22. The van der Waals surface area contributed by atoms with Gasteiger partial charge in [-0.3, -0.25) is 4.68 Å². The molecule has 2 aromatic rings. The van der Waals surface area contributed by atoms with Gasteiger partial charge in [-0.2, -0.15) is 9.40 Å². The molecule has 7 nitrogen and oxygen atoms in total. The molecule has 0 bridgehead atoms. The van der Waals surface area contributed by atoms with Crippen LogP contribution in [-0.4, -0.2) is 46.7 Å². The number of nitrogens with zero attached hydrogens (tertiary/aromatic N) is 3. The Morgan fingerprint density at radius 1 is 1.31 bits per heavy atom. The number of benzene rings is 1. The number of rotatable bonds is 6. The average Bonchev–Trinajstić information content (AvgIpc) is 3.06. The van der Waals surface area contributed by atoms with Crippen molar-refractivity contribution in [1.29, 1.82) is 0 Å². The molecule has 1 aromatic carbocycles. The van der Waals surface area contributed by atoms with Crippen LogP contribution in [0.4, 0.5) is 0 Å². The molecule has 1 aromatic heterocycles. The molecule has 1 saturated heterocycles. The molecule has 2 heterocycles. The monoisotopic (exact) mass is 377 g/mol. The summed E-state index contributed by atoms with van der Waals surface area (Å²) < 4.78 is 28.6. The van der Waals surface area contributed by atoms with Crippen molar-refractivity contribution in [2.75, 3.05) is 13.1 Å². The summed E-state index contributed by atoms with van der Waals surface area (Å²) in [6.07, 6.45) is 3.70. The van der Waals surface area contributed by atoms with Crippen molar-refractivity contribution in [3.63, 3.8) is 0 Å². The fraction of sp³-hybridized carbons (Fsp3) is 0.444. The van der Waals surface area contributed by atoms with E-state index in [0.29, 0.717) is 26.1 Å². The highest BCUT2D eigenvalue weighted by Gasteiger charge is 2.34. The predicted molar refractivity (Wildman–Crippen MR) is 96.5 cm³/mol. The van der Waals surface area contributed by atoms with Crippen LogP contribution in [0.25, 0.3) is 0 Å². The highest BCUT2D eigenvalue weighted by Crippen LogP contribution is 2.25. The summed E-state index contributed by atoms with van der Waals surface area (Å²) in [5, 5.41) is 13.2. The van der Waals surface area contributed by atoms with Gasteiger partial charge in [-0.1, -0.05) is 37.3 Å². The zero-order valence-corrected chi connectivity index (χ0v) is 15.5. The van der Waals surface area contributed by atoms with Crippen LogP contribution >= 0.6 is 0 Å². The molecule has 0 saturated carbocycles. The van der Waals surface area contributed by atoms with Gasteiger partial charge in [0.05, 0.1) is 0 Å². The summed E-state index contributed by atoms with van der Waals surface area (Å²) in [7, 11) is -3.91. The first-order chi connectivity index (χ1) is 12.4. The van der Waals surface area contributed by atoms with Crippen LogP contribution < -0.4 is 0 Å². The molecule has 0 aliphatic carbocycles. The molecule has 0 radical (unpaired) electrons. The first-order valence-electron chi connectivity index (χ1n) is 8.73. The maximum atomic E-state index is 12.9. The van der Waals surface area contributed by atoms with Crippen molar-refractivity contribution in [3.8, 4) is 0 Å². The van der Waals surface area contributed by atoms with E-state index in [4.69, 9.17) is 0 Å². The van der Waals surface area contributed by atoms with E-state index < -0.39 is 16.0 Å². The molecular formula is C18H23N3O4S. The second-order valence-corrected chi connectivity index (χ2v) is 8.62. The molecule has 3 rings (SSSR count). The van der Waals surface area contributed by atoms with E-state index in [-0.39, 0.29) is 16.5 Å². The fourth-order valence-electron chi connectivity index (χ4n) is 3.23. The molecule has 1 N–H and O–H groups in total. The second-order valence-electron chi connectivity index (χ2n) is 6.76. The van der Waals surface area contributed by atoms with Crippen molar-refractivity contribution in [1.82, 2.24) is 14.1 Å². The molecule has 1 atom stereocenters. The van der Waals surface area contributed by atoms with E-state index in [2.05, 4.69) is 5.10 Å². The SMILES string of the molecule is CC1CCCN(S(=O)(=O)c2nn(CCc3ccccc3)cc2C(=O)O)C1. The number of aromatic nitrogens is 2. The smallest absolute Gasteiger partial charge is 0.340 e. The van der Waals surface area contributed by atoms with Gasteiger partial charge in [0.25, 0.3) is 10.0 Å². The topological polar surface area (TPSA) is 92.5 Å². The number of sulfonamides is 1. The summed E-state index contributed by atoms with van der Waals surface area (Å²) in [5.41, 5.74) is 0.811. The van der Waals surface area contributed by atoms with E-state index in [1.165, 1.54) is 15.2 Å². The molecule has 1 fully saturated rings. The number of aryl methyl sites for hydroxylation is 2. The Morgan fingerprint density at radius 2 is 2.04 bits per heavy atom. The zero-order valence-electron chi connectivity index (χ0n) is 14.7. The maximum Gasteiger partial charge on any atom is 0.340 e. The first kappa shape index (κ1) is 18.6. The summed E-state index contributed by atoms with van der Waals surface area (Å²) >= 11 is 0. The van der Waals surface area contributed by atoms with Gasteiger partial charge in [0, 0.05) is 25.8 Å². The number of carbonyl (C=O) groups is 1. The van der Waals surface area contributed by atoms with Crippen LogP contribution in [0.3, 0.4) is 0 Å². The lowest BCUT2D eigenvalue weighted by Gasteiger charge is -2.29. The Balaban J connectivity index is 1.86. The Labute approximate surface area is 153 Å². The molecule has 0 amide bonds. The van der Waals surface area contributed by atoms with Gasteiger partial charge < -0.3 is 5.11 Å². The van der Waals surface area contributed by atoms with Crippen LogP contribution in [0.1, 0.15) is 35.7 Å². The van der Waals surface area contributed by atoms with Crippen molar-refractivity contribution < 1.29 is 18.3 Å². The lowest BCUT2D eigenvalue weighted by Crippen LogP contribution is -2.39. The minimum absolute atomic E-state index is 0.256. The number of hydrogen-bond acceptors (Lipinski definition) is 4. The molecule has 0 spiro atoms. The molecule has 1 aliphatic heterocycles. The van der Waals surface area contributed by atoms with Crippen molar-refractivity contribution >= 4 is 16.0 Å². The molecule has 1 aliphatic rings. The van der Waals surface area contributed by atoms with Gasteiger partial charge in [0.2, 0.25) is 5.03 Å². The number of aromatic carboxylic acids is 1. The highest BCUT2D eigenvalue weighted by molar-refractivity contribution is 7.89.